The predicted octanol–water partition coefficient (Wildman–Crippen LogP) is 0.486. The topological polar surface area (TPSA) is 46.5 Å². The standard InChI is InChI=1S/C8H12O3/c1-2-3-6-7(4-5-9)11-8(6)10/h2-3,6-7,9H,4-5H2,1H3/b3-2+/t6-,7-/m0/s1. The molecule has 0 radical (unpaired) electrons. The van der Waals surface area contributed by atoms with Gasteiger partial charge in [0.1, 0.15) is 12.0 Å². The first kappa shape index (κ1) is 8.27. The van der Waals surface area contributed by atoms with E-state index in [1.807, 2.05) is 19.1 Å². The summed E-state index contributed by atoms with van der Waals surface area (Å²) >= 11 is 0. The van der Waals surface area contributed by atoms with Crippen LogP contribution in [0.1, 0.15) is 13.3 Å². The number of aliphatic hydroxyl groups is 1. The SMILES string of the molecule is C/C=C/[C@@H]1C(=O)O[C@H]1CCO. The number of rotatable bonds is 3. The van der Waals surface area contributed by atoms with Gasteiger partial charge < -0.3 is 9.84 Å². The van der Waals surface area contributed by atoms with E-state index in [1.54, 1.807) is 0 Å². The van der Waals surface area contributed by atoms with Crippen molar-refractivity contribution in [2.75, 3.05) is 6.61 Å². The average molecular weight is 156 g/mol. The highest BCUT2D eigenvalue weighted by Crippen LogP contribution is 2.25. The van der Waals surface area contributed by atoms with Crippen molar-refractivity contribution in [1.29, 1.82) is 0 Å². The van der Waals surface area contributed by atoms with Gasteiger partial charge in [-0.15, -0.1) is 0 Å². The summed E-state index contributed by atoms with van der Waals surface area (Å²) in [5.74, 6) is -0.298. The van der Waals surface area contributed by atoms with Gasteiger partial charge in [0, 0.05) is 13.0 Å². The number of hydrogen-bond acceptors (Lipinski definition) is 3. The van der Waals surface area contributed by atoms with Gasteiger partial charge in [-0.1, -0.05) is 12.2 Å². The van der Waals surface area contributed by atoms with Crippen molar-refractivity contribution in [3.63, 3.8) is 0 Å². The number of aliphatic hydroxyl groups excluding tert-OH is 1. The van der Waals surface area contributed by atoms with E-state index >= 15 is 0 Å². The molecule has 1 aliphatic heterocycles. The lowest BCUT2D eigenvalue weighted by Gasteiger charge is -2.32. The zero-order valence-corrected chi connectivity index (χ0v) is 6.49. The molecule has 1 fully saturated rings. The fourth-order valence-corrected chi connectivity index (χ4v) is 1.16. The molecule has 62 valence electrons. The second-order valence-corrected chi connectivity index (χ2v) is 2.54. The van der Waals surface area contributed by atoms with Crippen LogP contribution in [0.2, 0.25) is 0 Å². The lowest BCUT2D eigenvalue weighted by Crippen LogP contribution is -2.44. The molecule has 0 aliphatic carbocycles. The maximum Gasteiger partial charge on any atom is 0.316 e. The Balaban J connectivity index is 2.41. The van der Waals surface area contributed by atoms with Crippen LogP contribution in [0.15, 0.2) is 12.2 Å². The first-order valence-corrected chi connectivity index (χ1v) is 3.73. The summed E-state index contributed by atoms with van der Waals surface area (Å²) in [4.78, 5) is 10.8. The van der Waals surface area contributed by atoms with Crippen molar-refractivity contribution in [2.45, 2.75) is 19.4 Å². The van der Waals surface area contributed by atoms with Gasteiger partial charge in [0.15, 0.2) is 0 Å². The summed E-state index contributed by atoms with van der Waals surface area (Å²) in [7, 11) is 0. The Kier molecular flexibility index (Phi) is 2.65. The fraction of sp³-hybridized carbons (Fsp3) is 0.625. The molecule has 0 amide bonds. The van der Waals surface area contributed by atoms with Crippen LogP contribution < -0.4 is 0 Å². The van der Waals surface area contributed by atoms with Crippen molar-refractivity contribution in [3.05, 3.63) is 12.2 Å². The number of carbonyl (C=O) groups excluding carboxylic acids is 1. The highest BCUT2D eigenvalue weighted by atomic mass is 16.6. The van der Waals surface area contributed by atoms with Crippen LogP contribution in [-0.4, -0.2) is 23.8 Å². The molecular weight excluding hydrogens is 144 g/mol. The quantitative estimate of drug-likeness (QED) is 0.477. The minimum Gasteiger partial charge on any atom is -0.460 e. The summed E-state index contributed by atoms with van der Waals surface area (Å²) in [5, 5.41) is 8.56. The molecule has 2 atom stereocenters. The first-order valence-electron chi connectivity index (χ1n) is 3.73. The van der Waals surface area contributed by atoms with E-state index in [0.717, 1.165) is 0 Å². The smallest absolute Gasteiger partial charge is 0.316 e. The number of esters is 1. The fourth-order valence-electron chi connectivity index (χ4n) is 1.16. The second kappa shape index (κ2) is 3.53. The van der Waals surface area contributed by atoms with Gasteiger partial charge in [-0.3, -0.25) is 4.79 Å². The summed E-state index contributed by atoms with van der Waals surface area (Å²) in [6.45, 7) is 1.94. The van der Waals surface area contributed by atoms with Gasteiger partial charge in [-0.2, -0.15) is 0 Å². The van der Waals surface area contributed by atoms with Crippen molar-refractivity contribution in [3.8, 4) is 0 Å². The molecule has 0 saturated carbocycles. The molecule has 1 heterocycles. The first-order chi connectivity index (χ1) is 5.29. The van der Waals surface area contributed by atoms with E-state index in [4.69, 9.17) is 9.84 Å². The van der Waals surface area contributed by atoms with Crippen molar-refractivity contribution in [1.82, 2.24) is 0 Å². The molecule has 1 saturated heterocycles. The van der Waals surface area contributed by atoms with Gasteiger partial charge in [0.2, 0.25) is 0 Å². The molecule has 3 heteroatoms. The summed E-state index contributed by atoms with van der Waals surface area (Å²) in [6.07, 6.45) is 4.09. The molecule has 11 heavy (non-hydrogen) atoms. The maximum atomic E-state index is 10.8. The van der Waals surface area contributed by atoms with Gasteiger partial charge in [-0.05, 0) is 6.92 Å². The van der Waals surface area contributed by atoms with Gasteiger partial charge in [-0.25, -0.2) is 0 Å². The van der Waals surface area contributed by atoms with Gasteiger partial charge in [0.25, 0.3) is 0 Å². The third-order valence-electron chi connectivity index (χ3n) is 1.75. The molecule has 0 bridgehead atoms. The lowest BCUT2D eigenvalue weighted by atomic mass is 9.94. The summed E-state index contributed by atoms with van der Waals surface area (Å²) < 4.78 is 4.79. The molecule has 3 nitrogen and oxygen atoms in total. The Morgan fingerprint density at radius 2 is 2.45 bits per heavy atom. The van der Waals surface area contributed by atoms with Crippen LogP contribution in [0, 0.1) is 5.92 Å². The molecule has 1 rings (SSSR count). The monoisotopic (exact) mass is 156 g/mol. The molecule has 0 aromatic heterocycles. The molecule has 1 N–H and O–H groups in total. The summed E-state index contributed by atoms with van der Waals surface area (Å²) in [6, 6.07) is 0. The van der Waals surface area contributed by atoms with Crippen LogP contribution in [0.25, 0.3) is 0 Å². The van der Waals surface area contributed by atoms with Crippen molar-refractivity contribution >= 4 is 5.97 Å². The van der Waals surface area contributed by atoms with Crippen LogP contribution in [0.5, 0.6) is 0 Å². The van der Waals surface area contributed by atoms with E-state index in [-0.39, 0.29) is 24.6 Å². The number of allylic oxidation sites excluding steroid dienone is 1. The van der Waals surface area contributed by atoms with Crippen LogP contribution in [-0.2, 0) is 9.53 Å². The molecule has 0 aromatic carbocycles. The van der Waals surface area contributed by atoms with Crippen LogP contribution in [0.4, 0.5) is 0 Å². The molecule has 0 unspecified atom stereocenters. The number of ether oxygens (including phenoxy) is 1. The van der Waals surface area contributed by atoms with E-state index in [9.17, 15) is 4.79 Å². The Labute approximate surface area is 65.7 Å². The Hall–Kier alpha value is -0.830. The Morgan fingerprint density at radius 1 is 1.73 bits per heavy atom. The third kappa shape index (κ3) is 1.60. The van der Waals surface area contributed by atoms with E-state index < -0.39 is 0 Å². The Morgan fingerprint density at radius 3 is 2.91 bits per heavy atom. The number of cyclic esters (lactones) is 1. The normalized spacial score (nSPS) is 30.2. The third-order valence-corrected chi connectivity index (χ3v) is 1.75. The number of carbonyl (C=O) groups is 1. The van der Waals surface area contributed by atoms with Crippen molar-refractivity contribution in [2.24, 2.45) is 5.92 Å². The van der Waals surface area contributed by atoms with Crippen LogP contribution >= 0.6 is 0 Å². The molecular formula is C8H12O3. The van der Waals surface area contributed by atoms with Crippen LogP contribution in [0.3, 0.4) is 0 Å². The molecule has 0 aromatic rings. The van der Waals surface area contributed by atoms with E-state index in [2.05, 4.69) is 0 Å². The lowest BCUT2D eigenvalue weighted by molar-refractivity contribution is -0.180. The van der Waals surface area contributed by atoms with Crippen molar-refractivity contribution < 1.29 is 14.6 Å². The van der Waals surface area contributed by atoms with E-state index in [0.29, 0.717) is 6.42 Å². The average Bonchev–Trinajstić information content (AvgIpc) is 2.00. The Bertz CT molecular complexity index is 174. The largest absolute Gasteiger partial charge is 0.460 e. The minimum atomic E-state index is -0.179. The second-order valence-electron chi connectivity index (χ2n) is 2.54. The van der Waals surface area contributed by atoms with Gasteiger partial charge >= 0.3 is 5.97 Å². The van der Waals surface area contributed by atoms with E-state index in [1.165, 1.54) is 0 Å². The summed E-state index contributed by atoms with van der Waals surface area (Å²) in [5.41, 5.74) is 0. The minimum absolute atomic E-state index is 0.0754. The molecule has 0 spiro atoms. The highest BCUT2D eigenvalue weighted by Gasteiger charge is 2.39. The predicted molar refractivity (Wildman–Crippen MR) is 39.9 cm³/mol. The van der Waals surface area contributed by atoms with Gasteiger partial charge in [0.05, 0.1) is 0 Å². The maximum absolute atomic E-state index is 10.8. The molecule has 1 aliphatic rings. The zero-order valence-electron chi connectivity index (χ0n) is 6.49. The number of hydrogen-bond donors (Lipinski definition) is 1. The zero-order chi connectivity index (χ0) is 8.27. The highest BCUT2D eigenvalue weighted by molar-refractivity contribution is 5.80.